The molecule has 0 spiro atoms. The fourth-order valence-electron chi connectivity index (χ4n) is 2.06. The van der Waals surface area contributed by atoms with Gasteiger partial charge in [-0.2, -0.15) is 0 Å². The lowest BCUT2D eigenvalue weighted by Crippen LogP contribution is -2.50. The van der Waals surface area contributed by atoms with E-state index in [0.29, 0.717) is 60.3 Å². The highest BCUT2D eigenvalue weighted by Crippen LogP contribution is 2.11. The van der Waals surface area contributed by atoms with E-state index in [1.54, 1.807) is 9.80 Å². The van der Waals surface area contributed by atoms with Gasteiger partial charge < -0.3 is 9.80 Å². The number of carbonyl (C=O) groups excluding carboxylic acids is 2. The second-order valence-electron chi connectivity index (χ2n) is 4.74. The third-order valence-corrected chi connectivity index (χ3v) is 5.25. The Morgan fingerprint density at radius 3 is 1.36 bits per heavy atom. The summed E-state index contributed by atoms with van der Waals surface area (Å²) in [6.07, 6.45) is 1.78. The van der Waals surface area contributed by atoms with E-state index in [-0.39, 0.29) is 11.8 Å². The van der Waals surface area contributed by atoms with Gasteiger partial charge >= 0.3 is 0 Å². The van der Waals surface area contributed by atoms with E-state index in [0.717, 1.165) is 23.9 Å². The Morgan fingerprint density at radius 1 is 0.773 bits per heavy atom. The van der Waals surface area contributed by atoms with Gasteiger partial charge in [0.2, 0.25) is 11.8 Å². The summed E-state index contributed by atoms with van der Waals surface area (Å²) in [4.78, 5) is 27.6. The Hall–Kier alpha value is -0.260. The number of thiocarbonyl (C=S) groups is 2. The molecule has 0 aromatic heterocycles. The number of hydrogen-bond donors (Lipinski definition) is 2. The Balaban J connectivity index is 2.30. The van der Waals surface area contributed by atoms with Crippen LogP contribution in [0.2, 0.25) is 0 Å². The molecule has 4 N–H and O–H groups in total. The van der Waals surface area contributed by atoms with Gasteiger partial charge in [0.1, 0.15) is 0 Å². The molecule has 1 heterocycles. The topological polar surface area (TPSA) is 92.7 Å². The van der Waals surface area contributed by atoms with Gasteiger partial charge in [0, 0.05) is 39.0 Å². The van der Waals surface area contributed by atoms with Crippen LogP contribution in [-0.2, 0) is 9.59 Å². The van der Waals surface area contributed by atoms with Gasteiger partial charge in [-0.15, -0.1) is 0 Å². The van der Waals surface area contributed by atoms with Crippen molar-refractivity contribution in [3.63, 3.8) is 0 Å². The minimum Gasteiger partial charge on any atom is -0.339 e. The largest absolute Gasteiger partial charge is 0.339 e. The summed E-state index contributed by atoms with van der Waals surface area (Å²) in [6.45, 7) is 2.23. The predicted molar refractivity (Wildman–Crippen MR) is 100 cm³/mol. The van der Waals surface area contributed by atoms with E-state index in [1.165, 1.54) is 0 Å². The van der Waals surface area contributed by atoms with Crippen molar-refractivity contribution >= 4 is 68.5 Å². The molecule has 1 aliphatic rings. The van der Waals surface area contributed by atoms with E-state index in [1.807, 2.05) is 0 Å². The predicted octanol–water partition coefficient (Wildman–Crippen LogP) is 1.09. The molecule has 0 unspecified atom stereocenters. The van der Waals surface area contributed by atoms with Crippen molar-refractivity contribution in [3.05, 3.63) is 0 Å². The van der Waals surface area contributed by atoms with Crippen LogP contribution < -0.4 is 10.3 Å². The number of nitrogens with zero attached hydrogens (tertiary/aromatic N) is 2. The fraction of sp³-hybridized carbons (Fsp3) is 0.667. The highest BCUT2D eigenvalue weighted by molar-refractivity contribution is 8.22. The third kappa shape index (κ3) is 6.88. The molecule has 1 saturated heterocycles. The van der Waals surface area contributed by atoms with Gasteiger partial charge in [-0.3, -0.25) is 19.9 Å². The summed E-state index contributed by atoms with van der Waals surface area (Å²) < 4.78 is 1.27. The van der Waals surface area contributed by atoms with Gasteiger partial charge in [-0.05, 0) is 36.7 Å². The van der Waals surface area contributed by atoms with Crippen molar-refractivity contribution in [1.82, 2.24) is 9.80 Å². The Labute approximate surface area is 150 Å². The lowest BCUT2D eigenvalue weighted by Gasteiger charge is -2.35. The summed E-state index contributed by atoms with van der Waals surface area (Å²) >= 11 is 12.0. The summed E-state index contributed by atoms with van der Waals surface area (Å²) in [5, 5.41) is 10.7. The van der Waals surface area contributed by atoms with Crippen LogP contribution in [-0.4, -0.2) is 56.2 Å². The number of nitrogens with two attached hydrogens (primary N) is 2. The summed E-state index contributed by atoms with van der Waals surface area (Å²) in [6, 6.07) is 0. The fourth-order valence-corrected chi connectivity index (χ4v) is 2.70. The van der Waals surface area contributed by atoms with E-state index in [9.17, 15) is 9.59 Å². The van der Waals surface area contributed by atoms with Crippen molar-refractivity contribution in [2.75, 3.05) is 26.2 Å². The van der Waals surface area contributed by atoms with Gasteiger partial charge in [0.05, 0.1) is 8.39 Å². The average Bonchev–Trinajstić information content (AvgIpc) is 2.56. The van der Waals surface area contributed by atoms with Crippen LogP contribution in [0, 0.1) is 0 Å². The quantitative estimate of drug-likeness (QED) is 0.522. The molecule has 0 aliphatic carbocycles. The Morgan fingerprint density at radius 2 is 1.09 bits per heavy atom. The zero-order chi connectivity index (χ0) is 16.5. The van der Waals surface area contributed by atoms with Crippen LogP contribution in [0.3, 0.4) is 0 Å². The van der Waals surface area contributed by atoms with Crippen molar-refractivity contribution < 1.29 is 9.59 Å². The molecule has 10 heteroatoms. The molecule has 0 atom stereocenters. The highest BCUT2D eigenvalue weighted by atomic mass is 32.2. The molecule has 1 rings (SSSR count). The first-order valence-electron chi connectivity index (χ1n) is 6.82. The summed E-state index contributed by atoms with van der Waals surface area (Å²) in [5.74, 6) is 0.119. The van der Waals surface area contributed by atoms with E-state index >= 15 is 0 Å². The van der Waals surface area contributed by atoms with E-state index in [2.05, 4.69) is 0 Å². The maximum absolute atomic E-state index is 12.0. The maximum atomic E-state index is 12.0. The molecule has 2 amide bonds. The van der Waals surface area contributed by atoms with Crippen molar-refractivity contribution in [3.8, 4) is 0 Å². The van der Waals surface area contributed by atoms with Gasteiger partial charge in [-0.1, -0.05) is 24.4 Å². The molecule has 0 saturated carbocycles. The number of amides is 2. The van der Waals surface area contributed by atoms with Crippen LogP contribution in [0.25, 0.3) is 0 Å². The summed E-state index contributed by atoms with van der Waals surface area (Å²) in [5.41, 5.74) is 0. The molecule has 0 aromatic rings. The van der Waals surface area contributed by atoms with Crippen LogP contribution in [0.15, 0.2) is 0 Å². The molecular weight excluding hydrogens is 360 g/mol. The molecule has 0 radical (unpaired) electrons. The molecule has 6 nitrogen and oxygen atoms in total. The van der Waals surface area contributed by atoms with E-state index < -0.39 is 0 Å². The molecule has 1 fully saturated rings. The Bertz CT molecular complexity index is 399. The standard InChI is InChI=1S/C12H20N4O2S4/c13-21-11(19)3-1-9(17)15-5-7-16(8-6-15)10(18)2-4-12(20)22-14/h1-8,13-14H2. The monoisotopic (exact) mass is 380 g/mol. The molecule has 124 valence electrons. The number of piperazine rings is 1. The smallest absolute Gasteiger partial charge is 0.223 e. The molecule has 0 aromatic carbocycles. The van der Waals surface area contributed by atoms with Crippen LogP contribution in [0.4, 0.5) is 0 Å². The van der Waals surface area contributed by atoms with Crippen LogP contribution >= 0.6 is 48.3 Å². The van der Waals surface area contributed by atoms with E-state index in [4.69, 9.17) is 34.7 Å². The zero-order valence-electron chi connectivity index (χ0n) is 12.2. The third-order valence-electron chi connectivity index (χ3n) is 3.33. The first-order chi connectivity index (χ1) is 10.5. The maximum Gasteiger partial charge on any atom is 0.223 e. The van der Waals surface area contributed by atoms with Crippen molar-refractivity contribution in [2.45, 2.75) is 25.7 Å². The summed E-state index contributed by atoms with van der Waals surface area (Å²) in [7, 11) is 0. The highest BCUT2D eigenvalue weighted by Gasteiger charge is 2.23. The van der Waals surface area contributed by atoms with Crippen LogP contribution in [0.5, 0.6) is 0 Å². The lowest BCUT2D eigenvalue weighted by atomic mass is 10.2. The minimum absolute atomic E-state index is 0.0595. The lowest BCUT2D eigenvalue weighted by molar-refractivity contribution is -0.139. The van der Waals surface area contributed by atoms with Gasteiger partial charge in [-0.25, -0.2) is 0 Å². The van der Waals surface area contributed by atoms with Gasteiger partial charge in [0.25, 0.3) is 0 Å². The van der Waals surface area contributed by atoms with Crippen molar-refractivity contribution in [2.24, 2.45) is 10.3 Å². The SMILES string of the molecule is NSC(=S)CCC(=O)N1CCN(C(=O)CCC(=S)SN)CC1. The molecule has 22 heavy (non-hydrogen) atoms. The average molecular weight is 381 g/mol. The molecule has 0 bridgehead atoms. The van der Waals surface area contributed by atoms with Crippen LogP contribution in [0.1, 0.15) is 25.7 Å². The normalized spacial score (nSPS) is 14.8. The second-order valence-corrected chi connectivity index (χ2v) is 7.70. The molecular formula is C12H20N4O2S4. The Kier molecular flexibility index (Phi) is 9.45. The van der Waals surface area contributed by atoms with Crippen molar-refractivity contribution in [1.29, 1.82) is 0 Å². The minimum atomic E-state index is 0.0595. The molecule has 1 aliphatic heterocycles. The second kappa shape index (κ2) is 10.5. The van der Waals surface area contributed by atoms with Gasteiger partial charge in [0.15, 0.2) is 0 Å². The number of carbonyl (C=O) groups is 2. The number of rotatable bonds is 6. The first-order valence-corrected chi connectivity index (χ1v) is 9.40. The first kappa shape index (κ1) is 19.8. The number of hydrogen-bond acceptors (Lipinski definition) is 8. The zero-order valence-corrected chi connectivity index (χ0v) is 15.4.